The zero-order valence-electron chi connectivity index (χ0n) is 6.96. The van der Waals surface area contributed by atoms with Gasteiger partial charge in [0.15, 0.2) is 0 Å². The van der Waals surface area contributed by atoms with Crippen molar-refractivity contribution in [3.63, 3.8) is 0 Å². The van der Waals surface area contributed by atoms with Crippen molar-refractivity contribution in [1.82, 2.24) is 9.97 Å². The second-order valence-electron chi connectivity index (χ2n) is 2.49. The van der Waals surface area contributed by atoms with Crippen LogP contribution in [0.3, 0.4) is 0 Å². The SMILES string of the molecule is c1cc[c]([Bi+2][c]2ccccn2)nc1. The van der Waals surface area contributed by atoms with Crippen LogP contribution in [0.15, 0.2) is 48.8 Å². The Morgan fingerprint density at radius 2 is 1.31 bits per heavy atom. The molecule has 0 amide bonds. The van der Waals surface area contributed by atoms with E-state index < -0.39 is 23.2 Å². The van der Waals surface area contributed by atoms with Gasteiger partial charge in [-0.1, -0.05) is 0 Å². The fourth-order valence-corrected chi connectivity index (χ4v) is 4.09. The van der Waals surface area contributed by atoms with Crippen molar-refractivity contribution in [1.29, 1.82) is 0 Å². The van der Waals surface area contributed by atoms with Gasteiger partial charge < -0.3 is 0 Å². The first-order chi connectivity index (χ1) is 6.45. The molecule has 0 aliphatic rings. The first-order valence-corrected chi connectivity index (χ1v) is 7.47. The van der Waals surface area contributed by atoms with E-state index in [0.29, 0.717) is 0 Å². The molecule has 61 valence electrons. The van der Waals surface area contributed by atoms with Gasteiger partial charge in [0.1, 0.15) is 0 Å². The van der Waals surface area contributed by atoms with Crippen LogP contribution in [0, 0.1) is 0 Å². The Labute approximate surface area is 88.6 Å². The number of nitrogens with zero attached hydrogens (tertiary/aromatic N) is 2. The van der Waals surface area contributed by atoms with Crippen LogP contribution in [0.1, 0.15) is 0 Å². The third kappa shape index (κ3) is 2.56. The van der Waals surface area contributed by atoms with Crippen molar-refractivity contribution in [3.8, 4) is 0 Å². The second-order valence-corrected chi connectivity index (χ2v) is 6.92. The Morgan fingerprint density at radius 1 is 0.769 bits per heavy atom. The molecule has 0 bridgehead atoms. The Balaban J connectivity index is 2.16. The molecule has 0 fully saturated rings. The number of aromatic nitrogens is 2. The molecule has 0 spiro atoms. The summed E-state index contributed by atoms with van der Waals surface area (Å²) < 4.78 is 2.47. The van der Waals surface area contributed by atoms with Crippen LogP contribution in [0.25, 0.3) is 0 Å². The molecule has 0 saturated heterocycles. The quantitative estimate of drug-likeness (QED) is 0.708. The van der Waals surface area contributed by atoms with E-state index in [4.69, 9.17) is 0 Å². The van der Waals surface area contributed by atoms with Crippen LogP contribution in [-0.2, 0) is 0 Å². The summed E-state index contributed by atoms with van der Waals surface area (Å²) in [5, 5.41) is 0. The van der Waals surface area contributed by atoms with E-state index in [0.717, 1.165) is 0 Å². The van der Waals surface area contributed by atoms with Gasteiger partial charge in [0.05, 0.1) is 0 Å². The van der Waals surface area contributed by atoms with Crippen LogP contribution in [-0.4, -0.2) is 33.2 Å². The van der Waals surface area contributed by atoms with Crippen molar-refractivity contribution in [2.45, 2.75) is 0 Å². The third-order valence-corrected chi connectivity index (χ3v) is 5.37. The van der Waals surface area contributed by atoms with Crippen molar-refractivity contribution in [2.75, 3.05) is 0 Å². The maximum atomic E-state index is 4.31. The number of hydrogen-bond acceptors (Lipinski definition) is 2. The predicted octanol–water partition coefficient (Wildman–Crippen LogP) is 0.132. The molecule has 0 N–H and O–H groups in total. The van der Waals surface area contributed by atoms with E-state index >= 15 is 0 Å². The average molecular weight is 365 g/mol. The van der Waals surface area contributed by atoms with Gasteiger partial charge in [0.2, 0.25) is 0 Å². The first-order valence-electron chi connectivity index (χ1n) is 3.99. The van der Waals surface area contributed by atoms with E-state index in [1.807, 2.05) is 36.7 Å². The van der Waals surface area contributed by atoms with E-state index in [1.54, 1.807) is 0 Å². The maximum absolute atomic E-state index is 4.31. The molecule has 0 aromatic carbocycles. The fraction of sp³-hybridized carbons (Fsp3) is 0. The summed E-state index contributed by atoms with van der Waals surface area (Å²) in [6, 6.07) is 12.1. The van der Waals surface area contributed by atoms with Gasteiger partial charge in [-0.25, -0.2) is 0 Å². The summed E-state index contributed by atoms with van der Waals surface area (Å²) in [7, 11) is 0. The van der Waals surface area contributed by atoms with Gasteiger partial charge >= 0.3 is 88.8 Å². The van der Waals surface area contributed by atoms with E-state index in [2.05, 4.69) is 22.1 Å². The van der Waals surface area contributed by atoms with E-state index in [9.17, 15) is 0 Å². The van der Waals surface area contributed by atoms with E-state index in [-0.39, 0.29) is 0 Å². The van der Waals surface area contributed by atoms with Gasteiger partial charge in [0.25, 0.3) is 0 Å². The summed E-state index contributed by atoms with van der Waals surface area (Å²) in [6.07, 6.45) is 3.70. The van der Waals surface area contributed by atoms with E-state index in [1.165, 1.54) is 6.80 Å². The normalized spacial score (nSPS) is 9.54. The number of pyridine rings is 2. The summed E-state index contributed by atoms with van der Waals surface area (Å²) in [6.45, 7) is 0. The van der Waals surface area contributed by atoms with Crippen LogP contribution in [0.2, 0.25) is 0 Å². The van der Waals surface area contributed by atoms with Crippen molar-refractivity contribution in [2.24, 2.45) is 0 Å². The van der Waals surface area contributed by atoms with Crippen LogP contribution >= 0.6 is 0 Å². The molecule has 2 rings (SSSR count). The second kappa shape index (κ2) is 4.43. The predicted molar refractivity (Wildman–Crippen MR) is 53.5 cm³/mol. The van der Waals surface area contributed by atoms with Gasteiger partial charge in [-0.2, -0.15) is 0 Å². The molecular formula is C10H8BiN2+2. The summed E-state index contributed by atoms with van der Waals surface area (Å²) in [5.74, 6) is 0. The molecule has 0 saturated carbocycles. The minimum absolute atomic E-state index is 0.835. The minimum atomic E-state index is -0.835. The zero-order chi connectivity index (χ0) is 8.93. The van der Waals surface area contributed by atoms with Crippen molar-refractivity contribution in [3.05, 3.63) is 48.8 Å². The fourth-order valence-electron chi connectivity index (χ4n) is 0.957. The summed E-state index contributed by atoms with van der Waals surface area (Å²) in [4.78, 5) is 8.63. The molecule has 0 aliphatic carbocycles. The molecule has 0 unspecified atom stereocenters. The molecule has 0 atom stereocenters. The average Bonchev–Trinajstić information content (AvgIpc) is 2.21. The van der Waals surface area contributed by atoms with Crippen LogP contribution in [0.5, 0.6) is 0 Å². The van der Waals surface area contributed by atoms with Gasteiger partial charge in [0, 0.05) is 0 Å². The first kappa shape index (κ1) is 8.77. The van der Waals surface area contributed by atoms with Crippen molar-refractivity contribution < 1.29 is 0 Å². The molecule has 2 heterocycles. The molecule has 1 radical (unpaired) electrons. The number of rotatable bonds is 2. The third-order valence-electron chi connectivity index (χ3n) is 1.53. The molecule has 3 heteroatoms. The van der Waals surface area contributed by atoms with Gasteiger partial charge in [-0.3, -0.25) is 0 Å². The van der Waals surface area contributed by atoms with Crippen LogP contribution in [0.4, 0.5) is 0 Å². The monoisotopic (exact) mass is 365 g/mol. The summed E-state index contributed by atoms with van der Waals surface area (Å²) >= 11 is -0.835. The molecule has 2 aromatic heterocycles. The zero-order valence-corrected chi connectivity index (χ0v) is 10.4. The molecule has 2 aromatic rings. The molecule has 13 heavy (non-hydrogen) atoms. The Hall–Kier alpha value is -0.817. The Bertz CT molecular complexity index is 324. The summed E-state index contributed by atoms with van der Waals surface area (Å²) in [5.41, 5.74) is 0. The standard InChI is InChI=1S/2C5H4N.Bi/c2*1-2-4-6-5-3-1;/h2*1-4H;/q;;+2. The molecule has 2 nitrogen and oxygen atoms in total. The van der Waals surface area contributed by atoms with Gasteiger partial charge in [-0.05, 0) is 0 Å². The molecule has 0 aliphatic heterocycles. The van der Waals surface area contributed by atoms with Gasteiger partial charge in [-0.15, -0.1) is 0 Å². The topological polar surface area (TPSA) is 25.8 Å². The Morgan fingerprint density at radius 3 is 1.69 bits per heavy atom. The molecular weight excluding hydrogens is 357 g/mol. The van der Waals surface area contributed by atoms with Crippen molar-refractivity contribution >= 4 is 30.0 Å². The van der Waals surface area contributed by atoms with Crippen LogP contribution < -0.4 is 6.80 Å². The number of hydrogen-bond donors (Lipinski definition) is 0. The Kier molecular flexibility index (Phi) is 2.99.